The Labute approximate surface area is 123 Å². The fourth-order valence-corrected chi connectivity index (χ4v) is 2.12. The van der Waals surface area contributed by atoms with E-state index in [0.717, 1.165) is 16.5 Å². The summed E-state index contributed by atoms with van der Waals surface area (Å²) in [5.74, 6) is 0.425. The van der Waals surface area contributed by atoms with Gasteiger partial charge in [0.25, 0.3) is 0 Å². The molecule has 2 heterocycles. The zero-order chi connectivity index (χ0) is 15.6. The lowest BCUT2D eigenvalue weighted by Crippen LogP contribution is -2.16. The SMILES string of the molecule is FC(F)(F)COCc1noc(Cc2c[nH]c3ccccc23)n1. The zero-order valence-corrected chi connectivity index (χ0v) is 11.4. The largest absolute Gasteiger partial charge is 0.411 e. The molecule has 0 bridgehead atoms. The van der Waals surface area contributed by atoms with Crippen LogP contribution >= 0.6 is 0 Å². The van der Waals surface area contributed by atoms with Crippen LogP contribution in [-0.4, -0.2) is 27.9 Å². The number of fused-ring (bicyclic) bond motifs is 1. The zero-order valence-electron chi connectivity index (χ0n) is 11.4. The van der Waals surface area contributed by atoms with Crippen molar-refractivity contribution in [2.24, 2.45) is 0 Å². The Kier molecular flexibility index (Phi) is 3.84. The molecule has 0 radical (unpaired) electrons. The minimum absolute atomic E-state index is 0.0964. The van der Waals surface area contributed by atoms with Gasteiger partial charge in [0, 0.05) is 17.1 Å². The number of nitrogens with zero attached hydrogens (tertiary/aromatic N) is 2. The average Bonchev–Trinajstić information content (AvgIpc) is 3.06. The Morgan fingerprint density at radius 2 is 2.05 bits per heavy atom. The van der Waals surface area contributed by atoms with E-state index in [0.29, 0.717) is 12.3 Å². The molecule has 3 aromatic rings. The molecular weight excluding hydrogens is 299 g/mol. The van der Waals surface area contributed by atoms with Gasteiger partial charge in [0.2, 0.25) is 5.89 Å². The van der Waals surface area contributed by atoms with Gasteiger partial charge in [-0.2, -0.15) is 18.2 Å². The number of para-hydroxylation sites is 1. The summed E-state index contributed by atoms with van der Waals surface area (Å²) in [5.41, 5.74) is 1.97. The minimum Gasteiger partial charge on any atom is -0.364 e. The average molecular weight is 311 g/mol. The van der Waals surface area contributed by atoms with Crippen LogP contribution in [0, 0.1) is 0 Å². The van der Waals surface area contributed by atoms with Gasteiger partial charge in [-0.3, -0.25) is 0 Å². The van der Waals surface area contributed by atoms with Gasteiger partial charge in [-0.25, -0.2) is 0 Å². The van der Waals surface area contributed by atoms with Crippen molar-refractivity contribution in [3.63, 3.8) is 0 Å². The van der Waals surface area contributed by atoms with Gasteiger partial charge in [0.15, 0.2) is 5.82 Å². The number of hydrogen-bond acceptors (Lipinski definition) is 4. The summed E-state index contributed by atoms with van der Waals surface area (Å²) in [6.45, 7) is -1.67. The number of hydrogen-bond donors (Lipinski definition) is 1. The Morgan fingerprint density at radius 3 is 2.86 bits per heavy atom. The molecule has 116 valence electrons. The molecule has 2 aromatic heterocycles. The summed E-state index contributed by atoms with van der Waals surface area (Å²) < 4.78 is 45.4. The first kappa shape index (κ1) is 14.6. The topological polar surface area (TPSA) is 63.9 Å². The Balaban J connectivity index is 1.64. The number of H-pyrrole nitrogens is 1. The molecule has 1 aromatic carbocycles. The molecule has 5 nitrogen and oxygen atoms in total. The third-order valence-electron chi connectivity index (χ3n) is 3.02. The molecule has 8 heteroatoms. The normalized spacial score (nSPS) is 12.1. The highest BCUT2D eigenvalue weighted by Crippen LogP contribution is 2.20. The third-order valence-corrected chi connectivity index (χ3v) is 3.02. The molecule has 0 atom stereocenters. The first-order valence-electron chi connectivity index (χ1n) is 6.52. The fraction of sp³-hybridized carbons (Fsp3) is 0.286. The van der Waals surface area contributed by atoms with Crippen LogP contribution in [0.15, 0.2) is 35.0 Å². The fourth-order valence-electron chi connectivity index (χ4n) is 2.12. The molecule has 1 N–H and O–H groups in total. The smallest absolute Gasteiger partial charge is 0.364 e. The second-order valence-electron chi connectivity index (χ2n) is 4.75. The van der Waals surface area contributed by atoms with Gasteiger partial charge in [0.1, 0.15) is 13.2 Å². The molecule has 0 amide bonds. The summed E-state index contributed by atoms with van der Waals surface area (Å²) in [7, 11) is 0. The molecule has 0 fully saturated rings. The molecule has 0 unspecified atom stereocenters. The molecule has 22 heavy (non-hydrogen) atoms. The van der Waals surface area contributed by atoms with Crippen molar-refractivity contribution in [3.8, 4) is 0 Å². The van der Waals surface area contributed by atoms with Crippen LogP contribution in [0.5, 0.6) is 0 Å². The number of nitrogens with one attached hydrogen (secondary N) is 1. The van der Waals surface area contributed by atoms with E-state index in [1.165, 1.54) is 0 Å². The minimum atomic E-state index is -4.36. The van der Waals surface area contributed by atoms with Crippen molar-refractivity contribution in [1.29, 1.82) is 0 Å². The van der Waals surface area contributed by atoms with Gasteiger partial charge >= 0.3 is 6.18 Å². The first-order chi connectivity index (χ1) is 10.5. The van der Waals surface area contributed by atoms with E-state index in [2.05, 4.69) is 19.9 Å². The Bertz CT molecular complexity index is 764. The summed E-state index contributed by atoms with van der Waals surface area (Å²) >= 11 is 0. The van der Waals surface area contributed by atoms with E-state index in [-0.39, 0.29) is 12.4 Å². The lowest BCUT2D eigenvalue weighted by Gasteiger charge is -2.04. The lowest BCUT2D eigenvalue weighted by molar-refractivity contribution is -0.177. The summed E-state index contributed by atoms with van der Waals surface area (Å²) in [6.07, 6.45) is -2.12. The third kappa shape index (κ3) is 3.45. The van der Waals surface area contributed by atoms with Crippen molar-refractivity contribution in [1.82, 2.24) is 15.1 Å². The Hall–Kier alpha value is -2.35. The number of ether oxygens (including phenoxy) is 1. The molecule has 0 spiro atoms. The van der Waals surface area contributed by atoms with E-state index < -0.39 is 12.8 Å². The summed E-state index contributed by atoms with van der Waals surface area (Å²) in [6, 6.07) is 7.75. The standard InChI is InChI=1S/C14H12F3N3O2/c15-14(16,17)8-21-7-12-19-13(22-20-12)5-9-6-18-11-4-2-1-3-10(9)11/h1-4,6,18H,5,7-8H2. The second kappa shape index (κ2) is 5.80. The molecule has 0 saturated carbocycles. The van der Waals surface area contributed by atoms with Crippen molar-refractivity contribution in [3.05, 3.63) is 47.7 Å². The van der Waals surface area contributed by atoms with E-state index in [9.17, 15) is 13.2 Å². The van der Waals surface area contributed by atoms with Crippen LogP contribution in [0.1, 0.15) is 17.3 Å². The van der Waals surface area contributed by atoms with Crippen molar-refractivity contribution in [2.45, 2.75) is 19.2 Å². The predicted molar refractivity (Wildman–Crippen MR) is 71.1 cm³/mol. The van der Waals surface area contributed by atoms with Crippen LogP contribution in [0.2, 0.25) is 0 Å². The summed E-state index contributed by atoms with van der Waals surface area (Å²) in [4.78, 5) is 7.15. The number of halogens is 3. The van der Waals surface area contributed by atoms with Crippen LogP contribution in [-0.2, 0) is 17.8 Å². The maximum atomic E-state index is 12.0. The first-order valence-corrected chi connectivity index (χ1v) is 6.52. The predicted octanol–water partition coefficient (Wildman–Crippen LogP) is 3.22. The van der Waals surface area contributed by atoms with Crippen LogP contribution in [0.3, 0.4) is 0 Å². The van der Waals surface area contributed by atoms with E-state index in [4.69, 9.17) is 4.52 Å². The van der Waals surface area contributed by atoms with Gasteiger partial charge in [-0.1, -0.05) is 23.4 Å². The maximum absolute atomic E-state index is 12.0. The number of aromatic nitrogens is 3. The lowest BCUT2D eigenvalue weighted by atomic mass is 10.1. The molecule has 0 saturated heterocycles. The van der Waals surface area contributed by atoms with Crippen molar-refractivity contribution in [2.75, 3.05) is 6.61 Å². The second-order valence-corrected chi connectivity index (χ2v) is 4.75. The van der Waals surface area contributed by atoms with Crippen LogP contribution < -0.4 is 0 Å². The van der Waals surface area contributed by atoms with Crippen molar-refractivity contribution < 1.29 is 22.4 Å². The maximum Gasteiger partial charge on any atom is 0.411 e. The highest BCUT2D eigenvalue weighted by molar-refractivity contribution is 5.83. The molecule has 0 aliphatic carbocycles. The number of alkyl halides is 3. The van der Waals surface area contributed by atoms with E-state index in [1.54, 1.807) is 0 Å². The van der Waals surface area contributed by atoms with Gasteiger partial charge in [0.05, 0.1) is 6.42 Å². The Morgan fingerprint density at radius 1 is 1.23 bits per heavy atom. The molecule has 0 aliphatic heterocycles. The van der Waals surface area contributed by atoms with Gasteiger partial charge < -0.3 is 14.2 Å². The van der Waals surface area contributed by atoms with Crippen molar-refractivity contribution >= 4 is 10.9 Å². The molecule has 0 aliphatic rings. The molecule has 3 rings (SSSR count). The monoisotopic (exact) mass is 311 g/mol. The summed E-state index contributed by atoms with van der Waals surface area (Å²) in [5, 5.41) is 4.65. The molecular formula is C14H12F3N3O2. The number of rotatable bonds is 5. The quantitative estimate of drug-likeness (QED) is 0.786. The van der Waals surface area contributed by atoms with Gasteiger partial charge in [-0.05, 0) is 11.6 Å². The highest BCUT2D eigenvalue weighted by Gasteiger charge is 2.27. The van der Waals surface area contributed by atoms with Gasteiger partial charge in [-0.15, -0.1) is 0 Å². The van der Waals surface area contributed by atoms with Crippen LogP contribution in [0.4, 0.5) is 13.2 Å². The van der Waals surface area contributed by atoms with Crippen LogP contribution in [0.25, 0.3) is 10.9 Å². The highest BCUT2D eigenvalue weighted by atomic mass is 19.4. The number of benzene rings is 1. The van der Waals surface area contributed by atoms with E-state index in [1.807, 2.05) is 30.5 Å². The van der Waals surface area contributed by atoms with E-state index >= 15 is 0 Å². The number of aromatic amines is 1.